The second-order valence-electron chi connectivity index (χ2n) is 4.23. The lowest BCUT2D eigenvalue weighted by Crippen LogP contribution is -2.31. The Labute approximate surface area is 117 Å². The van der Waals surface area contributed by atoms with E-state index in [0.29, 0.717) is 10.9 Å². The molecule has 19 heavy (non-hydrogen) atoms. The van der Waals surface area contributed by atoms with Gasteiger partial charge in [0.2, 0.25) is 0 Å². The highest BCUT2D eigenvalue weighted by molar-refractivity contribution is 9.10. The summed E-state index contributed by atoms with van der Waals surface area (Å²) in [5, 5.41) is 4.01. The van der Waals surface area contributed by atoms with Crippen molar-refractivity contribution in [3.05, 3.63) is 51.8 Å². The summed E-state index contributed by atoms with van der Waals surface area (Å²) in [6.45, 7) is 0. The van der Waals surface area contributed by atoms with Gasteiger partial charge in [0.05, 0.1) is 12.2 Å². The number of aromatic nitrogens is 2. The third-order valence-electron chi connectivity index (χ3n) is 2.79. The Hall–Kier alpha value is -1.31. The second kappa shape index (κ2) is 5.77. The third kappa shape index (κ3) is 3.17. The van der Waals surface area contributed by atoms with Gasteiger partial charge in [0.1, 0.15) is 11.6 Å². The Morgan fingerprint density at radius 3 is 2.53 bits per heavy atom. The number of hydrazine groups is 1. The normalized spacial score (nSPS) is 12.7. The summed E-state index contributed by atoms with van der Waals surface area (Å²) in [6, 6.07) is 1.77. The minimum Gasteiger partial charge on any atom is -0.276 e. The van der Waals surface area contributed by atoms with Gasteiger partial charge < -0.3 is 0 Å². The molecule has 2 rings (SSSR count). The van der Waals surface area contributed by atoms with Crippen molar-refractivity contribution in [2.24, 2.45) is 12.9 Å². The van der Waals surface area contributed by atoms with Crippen molar-refractivity contribution in [2.45, 2.75) is 12.5 Å². The molecule has 0 aliphatic rings. The fourth-order valence-electron chi connectivity index (χ4n) is 1.94. The highest BCUT2D eigenvalue weighted by Gasteiger charge is 2.20. The standard InChI is InChI=1S/C12H13BrF2N4/c1-19-6-7(5-17-19)2-11(18-16)12-9(14)3-8(13)4-10(12)15/h3-6,11,18H,2,16H2,1H3. The molecule has 7 heteroatoms. The van der Waals surface area contributed by atoms with E-state index in [1.54, 1.807) is 24.1 Å². The molecule has 0 radical (unpaired) electrons. The molecule has 2 aromatic rings. The van der Waals surface area contributed by atoms with Crippen molar-refractivity contribution < 1.29 is 8.78 Å². The van der Waals surface area contributed by atoms with Gasteiger partial charge >= 0.3 is 0 Å². The number of halogens is 3. The van der Waals surface area contributed by atoms with Gasteiger partial charge in [-0.2, -0.15) is 5.10 Å². The van der Waals surface area contributed by atoms with Crippen molar-refractivity contribution in [2.75, 3.05) is 0 Å². The summed E-state index contributed by atoms with van der Waals surface area (Å²) >= 11 is 3.04. The number of nitrogens with one attached hydrogen (secondary N) is 1. The van der Waals surface area contributed by atoms with Crippen LogP contribution in [0.5, 0.6) is 0 Å². The number of nitrogens with zero attached hydrogens (tertiary/aromatic N) is 2. The fraction of sp³-hybridized carbons (Fsp3) is 0.250. The largest absolute Gasteiger partial charge is 0.276 e. The molecule has 0 spiro atoms. The molecule has 1 heterocycles. The second-order valence-corrected chi connectivity index (χ2v) is 5.14. The van der Waals surface area contributed by atoms with E-state index >= 15 is 0 Å². The quantitative estimate of drug-likeness (QED) is 0.667. The Kier molecular flexibility index (Phi) is 4.28. The van der Waals surface area contributed by atoms with Crippen molar-refractivity contribution in [3.8, 4) is 0 Å². The molecule has 1 aromatic heterocycles. The summed E-state index contributed by atoms with van der Waals surface area (Å²) in [6.07, 6.45) is 3.76. The zero-order valence-corrected chi connectivity index (χ0v) is 11.8. The molecule has 3 N–H and O–H groups in total. The maximum atomic E-state index is 13.9. The van der Waals surface area contributed by atoms with Gasteiger partial charge in [-0.05, 0) is 24.1 Å². The van der Waals surface area contributed by atoms with Crippen LogP contribution in [0.2, 0.25) is 0 Å². The van der Waals surface area contributed by atoms with E-state index < -0.39 is 17.7 Å². The first-order valence-electron chi connectivity index (χ1n) is 5.59. The summed E-state index contributed by atoms with van der Waals surface area (Å²) in [5.41, 5.74) is 3.21. The van der Waals surface area contributed by atoms with Crippen molar-refractivity contribution >= 4 is 15.9 Å². The van der Waals surface area contributed by atoms with Gasteiger partial charge in [0, 0.05) is 23.3 Å². The SMILES string of the molecule is Cn1cc(CC(NN)c2c(F)cc(Br)cc2F)cn1. The molecule has 4 nitrogen and oxygen atoms in total. The zero-order valence-electron chi connectivity index (χ0n) is 10.2. The Morgan fingerprint density at radius 2 is 2.05 bits per heavy atom. The van der Waals surface area contributed by atoms with Gasteiger partial charge in [-0.3, -0.25) is 16.0 Å². The average Bonchev–Trinajstić information content (AvgIpc) is 2.72. The average molecular weight is 331 g/mol. The molecule has 0 aliphatic carbocycles. The predicted octanol–water partition coefficient (Wildman–Crippen LogP) is 2.21. The molecule has 1 unspecified atom stereocenters. The topological polar surface area (TPSA) is 55.9 Å². The molecule has 0 aliphatic heterocycles. The lowest BCUT2D eigenvalue weighted by Gasteiger charge is -2.17. The summed E-state index contributed by atoms with van der Waals surface area (Å²) in [4.78, 5) is 0. The highest BCUT2D eigenvalue weighted by Crippen LogP contribution is 2.26. The lowest BCUT2D eigenvalue weighted by molar-refractivity contribution is 0.472. The molecular weight excluding hydrogens is 318 g/mol. The first-order valence-corrected chi connectivity index (χ1v) is 6.38. The minimum atomic E-state index is -0.655. The van der Waals surface area contributed by atoms with Crippen LogP contribution in [0, 0.1) is 11.6 Å². The predicted molar refractivity (Wildman–Crippen MR) is 71.0 cm³/mol. The summed E-state index contributed by atoms with van der Waals surface area (Å²) in [5.74, 6) is 4.13. The van der Waals surface area contributed by atoms with E-state index in [-0.39, 0.29) is 5.56 Å². The van der Waals surface area contributed by atoms with Crippen LogP contribution in [0.25, 0.3) is 0 Å². The van der Waals surface area contributed by atoms with Crippen LogP contribution in [0.4, 0.5) is 8.78 Å². The Balaban J connectivity index is 2.32. The van der Waals surface area contributed by atoms with Crippen LogP contribution < -0.4 is 11.3 Å². The summed E-state index contributed by atoms with van der Waals surface area (Å²) in [7, 11) is 1.77. The van der Waals surface area contributed by atoms with Gasteiger partial charge in [0.15, 0.2) is 0 Å². The molecule has 0 saturated carbocycles. The number of aryl methyl sites for hydroxylation is 1. The van der Waals surface area contributed by atoms with Crippen LogP contribution in [0.1, 0.15) is 17.2 Å². The molecule has 102 valence electrons. The first kappa shape index (κ1) is 14.1. The van der Waals surface area contributed by atoms with Crippen LogP contribution >= 0.6 is 15.9 Å². The molecule has 0 amide bonds. The zero-order chi connectivity index (χ0) is 14.0. The molecule has 1 aromatic carbocycles. The highest BCUT2D eigenvalue weighted by atomic mass is 79.9. The molecule has 0 fully saturated rings. The number of benzene rings is 1. The smallest absolute Gasteiger partial charge is 0.132 e. The summed E-state index contributed by atoms with van der Waals surface area (Å²) < 4.78 is 29.7. The van der Waals surface area contributed by atoms with Crippen molar-refractivity contribution in [3.63, 3.8) is 0 Å². The Bertz CT molecular complexity index is 562. The van der Waals surface area contributed by atoms with Gasteiger partial charge in [0.25, 0.3) is 0 Å². The van der Waals surface area contributed by atoms with Crippen molar-refractivity contribution in [1.82, 2.24) is 15.2 Å². The van der Waals surface area contributed by atoms with Gasteiger partial charge in [-0.15, -0.1) is 0 Å². The number of rotatable bonds is 4. The first-order chi connectivity index (χ1) is 9.01. The molecule has 0 bridgehead atoms. The maximum Gasteiger partial charge on any atom is 0.132 e. The fourth-order valence-corrected chi connectivity index (χ4v) is 2.35. The number of nitrogens with two attached hydrogens (primary N) is 1. The van der Waals surface area contributed by atoms with Crippen LogP contribution in [-0.2, 0) is 13.5 Å². The van der Waals surface area contributed by atoms with E-state index in [1.165, 1.54) is 12.1 Å². The third-order valence-corrected chi connectivity index (χ3v) is 3.25. The maximum absolute atomic E-state index is 13.9. The monoisotopic (exact) mass is 330 g/mol. The van der Waals surface area contributed by atoms with Crippen LogP contribution in [0.15, 0.2) is 29.0 Å². The minimum absolute atomic E-state index is 0.0745. The van der Waals surface area contributed by atoms with E-state index in [2.05, 4.69) is 26.5 Å². The lowest BCUT2D eigenvalue weighted by atomic mass is 10.0. The van der Waals surface area contributed by atoms with E-state index in [4.69, 9.17) is 5.84 Å². The van der Waals surface area contributed by atoms with E-state index in [0.717, 1.165) is 5.56 Å². The number of hydrogen-bond donors (Lipinski definition) is 2. The van der Waals surface area contributed by atoms with Crippen LogP contribution in [-0.4, -0.2) is 9.78 Å². The molecule has 1 atom stereocenters. The van der Waals surface area contributed by atoms with E-state index in [9.17, 15) is 8.78 Å². The van der Waals surface area contributed by atoms with Gasteiger partial charge in [-0.1, -0.05) is 15.9 Å². The molecular formula is C12H13BrF2N4. The van der Waals surface area contributed by atoms with Crippen molar-refractivity contribution in [1.29, 1.82) is 0 Å². The number of hydrogen-bond acceptors (Lipinski definition) is 3. The van der Waals surface area contributed by atoms with Gasteiger partial charge in [-0.25, -0.2) is 8.78 Å². The Morgan fingerprint density at radius 1 is 1.42 bits per heavy atom. The van der Waals surface area contributed by atoms with E-state index in [1.807, 2.05) is 0 Å². The van der Waals surface area contributed by atoms with Crippen LogP contribution in [0.3, 0.4) is 0 Å². The molecule has 0 saturated heterocycles.